The zero-order chi connectivity index (χ0) is 23.3. The highest BCUT2D eigenvalue weighted by Gasteiger charge is 2.41. The quantitative estimate of drug-likeness (QED) is 0.407. The van der Waals surface area contributed by atoms with Crippen molar-refractivity contribution in [1.82, 2.24) is 4.90 Å². The minimum Gasteiger partial charge on any atom is -0.494 e. The molecule has 1 fully saturated rings. The maximum Gasteiger partial charge on any atom is 0.123 e. The lowest BCUT2D eigenvalue weighted by Gasteiger charge is -2.42. The van der Waals surface area contributed by atoms with E-state index in [-0.39, 0.29) is 17.6 Å². The molecule has 1 N–H and O–H groups in total. The minimum absolute atomic E-state index is 0.0602. The van der Waals surface area contributed by atoms with Gasteiger partial charge in [-0.3, -0.25) is 0 Å². The van der Waals surface area contributed by atoms with Crippen LogP contribution in [0.5, 0.6) is 5.75 Å². The van der Waals surface area contributed by atoms with Crippen LogP contribution < -0.4 is 4.74 Å². The van der Waals surface area contributed by atoms with Crippen LogP contribution in [0.2, 0.25) is 5.02 Å². The highest BCUT2D eigenvalue weighted by molar-refractivity contribution is 6.30. The van der Waals surface area contributed by atoms with E-state index in [2.05, 4.69) is 4.90 Å². The first-order chi connectivity index (χ1) is 15.9. The second kappa shape index (κ2) is 10.6. The molecule has 1 aliphatic heterocycles. The fourth-order valence-electron chi connectivity index (χ4n) is 4.63. The van der Waals surface area contributed by atoms with E-state index in [0.29, 0.717) is 22.8 Å². The number of hydrogen-bond acceptors (Lipinski definition) is 3. The van der Waals surface area contributed by atoms with E-state index >= 15 is 0 Å². The average Bonchev–Trinajstić information content (AvgIpc) is 2.84. The number of ether oxygens (including phenoxy) is 1. The van der Waals surface area contributed by atoms with Gasteiger partial charge in [0.15, 0.2) is 0 Å². The monoisotopic (exact) mass is 471 g/mol. The second-order valence-electron chi connectivity index (χ2n) is 8.55. The predicted octanol–water partition coefficient (Wildman–Crippen LogP) is 6.04. The lowest BCUT2D eigenvalue weighted by molar-refractivity contribution is -0.0146. The predicted molar refractivity (Wildman–Crippen MR) is 127 cm³/mol. The van der Waals surface area contributed by atoms with E-state index in [0.717, 1.165) is 44.6 Å². The Balaban J connectivity index is 1.37. The normalized spacial score (nSPS) is 15.5. The zero-order valence-electron chi connectivity index (χ0n) is 18.4. The number of rotatable bonds is 8. The lowest BCUT2D eigenvalue weighted by atomic mass is 9.72. The fraction of sp³-hybridized carbons (Fsp3) is 0.333. The first kappa shape index (κ1) is 23.7. The summed E-state index contributed by atoms with van der Waals surface area (Å²) >= 11 is 5.90. The van der Waals surface area contributed by atoms with E-state index in [1.807, 2.05) is 24.3 Å². The molecule has 0 bridgehead atoms. The smallest absolute Gasteiger partial charge is 0.123 e. The van der Waals surface area contributed by atoms with Gasteiger partial charge in [0, 0.05) is 11.6 Å². The number of likely N-dealkylation sites (tertiary alicyclic amines) is 1. The molecule has 0 aromatic heterocycles. The first-order valence-corrected chi connectivity index (χ1v) is 11.7. The highest BCUT2D eigenvalue weighted by atomic mass is 35.5. The molecule has 0 radical (unpaired) electrons. The van der Waals surface area contributed by atoms with Crippen molar-refractivity contribution >= 4 is 11.6 Å². The number of aliphatic hydroxyl groups is 1. The number of benzene rings is 3. The van der Waals surface area contributed by atoms with E-state index in [4.69, 9.17) is 16.3 Å². The van der Waals surface area contributed by atoms with Gasteiger partial charge in [-0.1, -0.05) is 35.9 Å². The third kappa shape index (κ3) is 5.72. The molecular weight excluding hydrogens is 444 g/mol. The molecule has 1 heterocycles. The third-order valence-corrected chi connectivity index (χ3v) is 6.70. The summed E-state index contributed by atoms with van der Waals surface area (Å²) < 4.78 is 32.9. The summed E-state index contributed by atoms with van der Waals surface area (Å²) in [6.07, 6.45) is 2.46. The molecule has 0 saturated carbocycles. The molecule has 0 aliphatic carbocycles. The highest BCUT2D eigenvalue weighted by Crippen LogP contribution is 2.42. The Morgan fingerprint density at radius 3 is 1.88 bits per heavy atom. The summed E-state index contributed by atoms with van der Waals surface area (Å²) in [6, 6.07) is 19.3. The van der Waals surface area contributed by atoms with E-state index < -0.39 is 5.60 Å². The molecule has 1 aliphatic rings. The summed E-state index contributed by atoms with van der Waals surface area (Å²) in [4.78, 5) is 2.37. The van der Waals surface area contributed by atoms with Crippen molar-refractivity contribution in [3.8, 4) is 5.75 Å². The van der Waals surface area contributed by atoms with Crippen molar-refractivity contribution in [3.63, 3.8) is 0 Å². The Labute approximate surface area is 198 Å². The van der Waals surface area contributed by atoms with Crippen LogP contribution in [-0.4, -0.2) is 36.2 Å². The van der Waals surface area contributed by atoms with Crippen molar-refractivity contribution in [2.75, 3.05) is 26.2 Å². The summed E-state index contributed by atoms with van der Waals surface area (Å²) in [5.41, 5.74) is -0.0406. The van der Waals surface area contributed by atoms with E-state index in [1.54, 1.807) is 24.3 Å². The van der Waals surface area contributed by atoms with Gasteiger partial charge in [-0.05, 0) is 97.9 Å². The van der Waals surface area contributed by atoms with Crippen LogP contribution in [0.25, 0.3) is 0 Å². The van der Waals surface area contributed by atoms with Crippen LogP contribution in [0, 0.1) is 17.6 Å². The number of piperidine rings is 1. The Morgan fingerprint density at radius 1 is 0.848 bits per heavy atom. The van der Waals surface area contributed by atoms with Gasteiger partial charge in [0.05, 0.1) is 6.61 Å². The summed E-state index contributed by atoms with van der Waals surface area (Å²) in [5.74, 6) is 0.0449. The molecule has 3 aromatic carbocycles. The summed E-state index contributed by atoms with van der Waals surface area (Å²) in [6.45, 7) is 3.22. The lowest BCUT2D eigenvalue weighted by Crippen LogP contribution is -2.44. The maximum atomic E-state index is 13.5. The van der Waals surface area contributed by atoms with Gasteiger partial charge < -0.3 is 14.7 Å². The summed E-state index contributed by atoms with van der Waals surface area (Å²) in [7, 11) is 0. The topological polar surface area (TPSA) is 32.7 Å². The van der Waals surface area contributed by atoms with Crippen molar-refractivity contribution in [1.29, 1.82) is 0 Å². The largest absolute Gasteiger partial charge is 0.494 e. The van der Waals surface area contributed by atoms with Gasteiger partial charge in [-0.2, -0.15) is 0 Å². The molecule has 0 amide bonds. The molecule has 33 heavy (non-hydrogen) atoms. The van der Waals surface area contributed by atoms with Gasteiger partial charge in [-0.25, -0.2) is 8.78 Å². The molecule has 0 atom stereocenters. The molecule has 3 nitrogen and oxygen atoms in total. The first-order valence-electron chi connectivity index (χ1n) is 11.3. The Hall–Kier alpha value is -2.47. The molecule has 0 spiro atoms. The van der Waals surface area contributed by atoms with E-state index in [1.165, 1.54) is 24.3 Å². The second-order valence-corrected chi connectivity index (χ2v) is 8.99. The average molecular weight is 472 g/mol. The standard InChI is InChI=1S/C27H28ClF2NO2/c28-23-6-12-26(13-7-23)33-19-1-16-31-17-14-22(15-18-31)27(32,20-2-8-24(29)9-3-20)21-4-10-25(30)11-5-21/h2-13,22,32H,1,14-19H2. The molecule has 174 valence electrons. The van der Waals surface area contributed by atoms with Crippen LogP contribution in [0.15, 0.2) is 72.8 Å². The Bertz CT molecular complexity index is 972. The van der Waals surface area contributed by atoms with Gasteiger partial charge in [-0.15, -0.1) is 0 Å². The number of hydrogen-bond donors (Lipinski definition) is 1. The molecule has 6 heteroatoms. The van der Waals surface area contributed by atoms with Gasteiger partial charge >= 0.3 is 0 Å². The number of nitrogens with zero attached hydrogens (tertiary/aromatic N) is 1. The molecule has 1 saturated heterocycles. The summed E-state index contributed by atoms with van der Waals surface area (Å²) in [5, 5.41) is 12.6. The SMILES string of the molecule is OC(c1ccc(F)cc1)(c1ccc(F)cc1)C1CCN(CCCOc2ccc(Cl)cc2)CC1. The van der Waals surface area contributed by atoms with Gasteiger partial charge in [0.2, 0.25) is 0 Å². The van der Waals surface area contributed by atoms with E-state index in [9.17, 15) is 13.9 Å². The van der Waals surface area contributed by atoms with Crippen molar-refractivity contribution in [2.45, 2.75) is 24.9 Å². The maximum absolute atomic E-state index is 13.5. The minimum atomic E-state index is -1.30. The number of halogens is 3. The van der Waals surface area contributed by atoms with Crippen LogP contribution in [0.3, 0.4) is 0 Å². The molecular formula is C27H28ClF2NO2. The zero-order valence-corrected chi connectivity index (χ0v) is 19.1. The Kier molecular flexibility index (Phi) is 7.63. The van der Waals surface area contributed by atoms with Crippen LogP contribution >= 0.6 is 11.6 Å². The van der Waals surface area contributed by atoms with Crippen molar-refractivity contribution < 1.29 is 18.6 Å². The van der Waals surface area contributed by atoms with Gasteiger partial charge in [0.1, 0.15) is 23.0 Å². The van der Waals surface area contributed by atoms with Gasteiger partial charge in [0.25, 0.3) is 0 Å². The third-order valence-electron chi connectivity index (χ3n) is 6.45. The van der Waals surface area contributed by atoms with Crippen molar-refractivity contribution in [2.24, 2.45) is 5.92 Å². The fourth-order valence-corrected chi connectivity index (χ4v) is 4.76. The van der Waals surface area contributed by atoms with Crippen LogP contribution in [0.4, 0.5) is 8.78 Å². The van der Waals surface area contributed by atoms with Crippen molar-refractivity contribution in [3.05, 3.63) is 101 Å². The molecule has 3 aromatic rings. The van der Waals surface area contributed by atoms with Crippen LogP contribution in [0.1, 0.15) is 30.4 Å². The Morgan fingerprint density at radius 2 is 1.36 bits per heavy atom. The van der Waals surface area contributed by atoms with Crippen LogP contribution in [-0.2, 0) is 5.60 Å². The molecule has 4 rings (SSSR count). The molecule has 0 unspecified atom stereocenters.